The third-order valence-electron chi connectivity index (χ3n) is 5.39. The van der Waals surface area contributed by atoms with E-state index in [-0.39, 0.29) is 15.5 Å². The van der Waals surface area contributed by atoms with Crippen LogP contribution in [0, 0.1) is 0 Å². The summed E-state index contributed by atoms with van der Waals surface area (Å²) in [4.78, 5) is 50.1. The van der Waals surface area contributed by atoms with E-state index in [0.29, 0.717) is 25.4 Å². The van der Waals surface area contributed by atoms with E-state index < -0.39 is 23.8 Å². The average molecular weight is 785 g/mol. The first-order chi connectivity index (χ1) is 19.0. The number of fused-ring (bicyclic) bond motifs is 2. The smallest absolute Gasteiger partial charge is 0.396 e. The molecule has 0 unspecified atom stereocenters. The van der Waals surface area contributed by atoms with Crippen LogP contribution in [-0.2, 0) is 37.0 Å². The molecule has 2 amide bonds. The van der Waals surface area contributed by atoms with Crippen molar-refractivity contribution in [3.05, 3.63) is 47.5 Å². The van der Waals surface area contributed by atoms with Gasteiger partial charge in [-0.05, 0) is 47.5 Å². The standard InChI is InChI=1S/C13H15NO4S.C11H11NO4S.BBr3/c1-17-10-3-4-11-9(7-10)8-14(5-6-19-11)12(15)13(16)18-2;13-8-1-2-9-7(5-8)6-12(3-4-17-9)10(14)11(15)16;2-1(3)4/h3-4,7H,5-6,8H2,1-2H3;1-2,5,13H,3-4,6H2,(H,15,16);. The number of carbonyl (C=O) groups is 4. The molecular weight excluding hydrogens is 759 g/mol. The lowest BCUT2D eigenvalue weighted by atomic mass is 10.2. The van der Waals surface area contributed by atoms with Gasteiger partial charge in [-0.1, -0.05) is 0 Å². The van der Waals surface area contributed by atoms with Gasteiger partial charge < -0.3 is 29.5 Å². The number of esters is 1. The lowest BCUT2D eigenvalue weighted by Gasteiger charge is -2.19. The number of ether oxygens (including phenoxy) is 2. The van der Waals surface area contributed by atoms with Gasteiger partial charge in [0.15, 0.2) is 0 Å². The molecule has 2 aliphatic heterocycles. The molecule has 216 valence electrons. The number of rotatable bonds is 1. The summed E-state index contributed by atoms with van der Waals surface area (Å²) in [5, 5.41) is 18.1. The van der Waals surface area contributed by atoms with Crippen molar-refractivity contribution in [3.8, 4) is 11.5 Å². The fraction of sp³-hybridized carbons (Fsp3) is 0.333. The number of aromatic hydroxyl groups is 1. The van der Waals surface area contributed by atoms with Crippen LogP contribution in [-0.4, -0.2) is 85.8 Å². The topological polar surface area (TPSA) is 134 Å². The van der Waals surface area contributed by atoms with Crippen LogP contribution in [0.1, 0.15) is 11.1 Å². The van der Waals surface area contributed by atoms with Crippen LogP contribution < -0.4 is 4.74 Å². The van der Waals surface area contributed by atoms with Crippen molar-refractivity contribution in [2.45, 2.75) is 22.9 Å². The van der Waals surface area contributed by atoms with Crippen LogP contribution in [0.3, 0.4) is 0 Å². The number of phenolic OH excluding ortho intramolecular Hbond substituents is 1. The van der Waals surface area contributed by atoms with E-state index in [1.165, 1.54) is 16.9 Å². The summed E-state index contributed by atoms with van der Waals surface area (Å²) >= 11 is 12.5. The maximum absolute atomic E-state index is 11.9. The van der Waals surface area contributed by atoms with Crippen molar-refractivity contribution < 1.29 is 38.9 Å². The number of carbonyl (C=O) groups excluding carboxylic acids is 3. The molecule has 0 atom stereocenters. The lowest BCUT2D eigenvalue weighted by Crippen LogP contribution is -2.37. The number of thioether (sulfide) groups is 2. The van der Waals surface area contributed by atoms with E-state index in [1.54, 1.807) is 48.8 Å². The highest BCUT2D eigenvalue weighted by molar-refractivity contribution is 9.69. The summed E-state index contributed by atoms with van der Waals surface area (Å²) in [7, 11) is 2.81. The Bertz CT molecular complexity index is 1220. The monoisotopic (exact) mass is 782 g/mol. The van der Waals surface area contributed by atoms with Gasteiger partial charge >= 0.3 is 26.9 Å². The van der Waals surface area contributed by atoms with E-state index in [2.05, 4.69) is 52.0 Å². The Labute approximate surface area is 265 Å². The second-order valence-corrected chi connectivity index (χ2v) is 16.7. The zero-order chi connectivity index (χ0) is 29.8. The molecule has 0 bridgehead atoms. The van der Waals surface area contributed by atoms with Crippen LogP contribution in [0.15, 0.2) is 46.2 Å². The van der Waals surface area contributed by atoms with Crippen molar-refractivity contribution in [2.75, 3.05) is 38.8 Å². The zero-order valence-corrected chi connectivity index (χ0v) is 27.9. The number of carboxylic acid groups (broad SMARTS) is 1. The van der Waals surface area contributed by atoms with Crippen LogP contribution in [0.25, 0.3) is 0 Å². The summed E-state index contributed by atoms with van der Waals surface area (Å²) in [6.07, 6.45) is 0. The van der Waals surface area contributed by atoms with Gasteiger partial charge in [-0.3, -0.25) is 9.59 Å². The number of benzene rings is 2. The molecule has 2 aromatic carbocycles. The van der Waals surface area contributed by atoms with Gasteiger partial charge in [-0.2, -0.15) is 0 Å². The summed E-state index contributed by atoms with van der Waals surface area (Å²) in [6, 6.07) is 10.7. The molecule has 40 heavy (non-hydrogen) atoms. The van der Waals surface area contributed by atoms with Gasteiger partial charge in [0, 0.05) is 47.5 Å². The Morgan fingerprint density at radius 2 is 1.35 bits per heavy atom. The van der Waals surface area contributed by atoms with E-state index in [9.17, 15) is 24.3 Å². The fourth-order valence-electron chi connectivity index (χ4n) is 3.58. The van der Waals surface area contributed by atoms with Gasteiger partial charge in [-0.25, -0.2) is 9.59 Å². The first-order valence-corrected chi connectivity index (χ1v) is 16.2. The number of halogens is 3. The molecule has 2 aliphatic rings. The molecule has 4 rings (SSSR count). The first kappa shape index (κ1) is 34.3. The minimum absolute atomic E-state index is 0.119. The van der Waals surface area contributed by atoms with Gasteiger partial charge in [-0.15, -0.1) is 70.8 Å². The van der Waals surface area contributed by atoms with Gasteiger partial charge in [0.05, 0.1) is 14.2 Å². The number of aliphatic carboxylic acids is 1. The highest BCUT2D eigenvalue weighted by atomic mass is 79.9. The molecule has 2 N–H and O–H groups in total. The Morgan fingerprint density at radius 1 is 0.850 bits per heavy atom. The van der Waals surface area contributed by atoms with Gasteiger partial charge in [0.2, 0.25) is 0 Å². The molecule has 16 heteroatoms. The molecule has 0 aliphatic carbocycles. The van der Waals surface area contributed by atoms with E-state index in [4.69, 9.17) is 9.84 Å². The minimum Gasteiger partial charge on any atom is -0.508 e. The number of phenols is 1. The maximum atomic E-state index is 11.9. The molecule has 0 radical (unpaired) electrons. The summed E-state index contributed by atoms with van der Waals surface area (Å²) in [5.74, 6) is -1.50. The third-order valence-corrected chi connectivity index (χ3v) is 7.58. The van der Waals surface area contributed by atoms with Crippen LogP contribution in [0.2, 0.25) is 0 Å². The minimum atomic E-state index is -1.45. The molecular formula is C24H26BBr3N2O8S2. The Kier molecular flexibility index (Phi) is 14.7. The van der Waals surface area contributed by atoms with Crippen molar-refractivity contribution in [1.29, 1.82) is 0 Å². The van der Waals surface area contributed by atoms with Crippen LogP contribution >= 0.6 is 70.8 Å². The number of methoxy groups -OCH3 is 2. The second kappa shape index (κ2) is 17.2. The molecule has 0 saturated heterocycles. The summed E-state index contributed by atoms with van der Waals surface area (Å²) in [6.45, 7) is 1.54. The number of amides is 2. The van der Waals surface area contributed by atoms with Gasteiger partial charge in [0.25, 0.3) is 0 Å². The Hall–Kier alpha value is -1.88. The Morgan fingerprint density at radius 3 is 1.85 bits per heavy atom. The zero-order valence-electron chi connectivity index (χ0n) is 21.5. The third kappa shape index (κ3) is 10.8. The van der Waals surface area contributed by atoms with Crippen molar-refractivity contribution in [1.82, 2.24) is 9.80 Å². The molecule has 10 nitrogen and oxygen atoms in total. The lowest BCUT2D eigenvalue weighted by molar-refractivity contribution is -0.158. The molecule has 0 saturated carbocycles. The summed E-state index contributed by atoms with van der Waals surface area (Å²) < 4.78 is 9.93. The number of carboxylic acids is 1. The number of hydrogen-bond acceptors (Lipinski definition) is 9. The first-order valence-electron chi connectivity index (χ1n) is 11.5. The fourth-order valence-corrected chi connectivity index (χ4v) is 5.59. The highest BCUT2D eigenvalue weighted by Gasteiger charge is 2.26. The van der Waals surface area contributed by atoms with E-state index in [0.717, 1.165) is 32.4 Å². The van der Waals surface area contributed by atoms with Crippen molar-refractivity contribution >= 4 is 97.7 Å². The molecule has 0 spiro atoms. The quantitative estimate of drug-likeness (QED) is 0.244. The maximum Gasteiger partial charge on any atom is 0.396 e. The van der Waals surface area contributed by atoms with Crippen LogP contribution in [0.5, 0.6) is 11.5 Å². The van der Waals surface area contributed by atoms with Crippen molar-refractivity contribution in [2.24, 2.45) is 0 Å². The SMILES string of the molecule is BrB(Br)Br.COC(=O)C(=O)N1CCSc2ccc(OC)cc2C1.O=C(O)C(=O)N1CCSc2ccc(O)cc2C1. The van der Waals surface area contributed by atoms with E-state index in [1.807, 2.05) is 18.2 Å². The highest BCUT2D eigenvalue weighted by Crippen LogP contribution is 2.31. The average Bonchev–Trinajstić information content (AvgIpc) is 3.27. The van der Waals surface area contributed by atoms with Crippen LogP contribution in [0.4, 0.5) is 0 Å². The molecule has 2 heterocycles. The molecule has 0 aromatic heterocycles. The predicted octanol–water partition coefficient (Wildman–Crippen LogP) is 4.37. The Balaban J connectivity index is 0.000000249. The predicted molar refractivity (Wildman–Crippen MR) is 166 cm³/mol. The largest absolute Gasteiger partial charge is 0.508 e. The molecule has 0 fully saturated rings. The number of hydrogen-bond donors (Lipinski definition) is 2. The van der Waals surface area contributed by atoms with Crippen molar-refractivity contribution in [3.63, 3.8) is 0 Å². The number of nitrogens with zero attached hydrogens (tertiary/aromatic N) is 2. The normalized spacial score (nSPS) is 13.8. The van der Waals surface area contributed by atoms with Gasteiger partial charge in [0.1, 0.15) is 11.5 Å². The summed E-state index contributed by atoms with van der Waals surface area (Å²) in [5.41, 5.74) is 1.77. The van der Waals surface area contributed by atoms with E-state index >= 15 is 0 Å². The second-order valence-electron chi connectivity index (χ2n) is 7.96. The molecule has 2 aromatic rings.